The fraction of sp³-hybridized carbons (Fsp3) is 0.360. The quantitative estimate of drug-likeness (QED) is 0.612. The number of aromatic nitrogens is 2. The van der Waals surface area contributed by atoms with Crippen LogP contribution in [0.25, 0.3) is 11.6 Å². The Morgan fingerprint density at radius 3 is 2.88 bits per heavy atom. The molecule has 0 radical (unpaired) electrons. The molecule has 5 rings (SSSR count). The van der Waals surface area contributed by atoms with E-state index >= 15 is 0 Å². The number of cyclic esters (lactones) is 1. The van der Waals surface area contributed by atoms with Gasteiger partial charge in [-0.15, -0.1) is 0 Å². The molecule has 8 nitrogen and oxygen atoms in total. The maximum Gasteiger partial charge on any atom is 0.338 e. The van der Waals surface area contributed by atoms with E-state index in [4.69, 9.17) is 14.4 Å². The normalized spacial score (nSPS) is 20.4. The summed E-state index contributed by atoms with van der Waals surface area (Å²) in [4.78, 5) is 23.0. The van der Waals surface area contributed by atoms with Crippen LogP contribution >= 0.6 is 0 Å². The topological polar surface area (TPSA) is 104 Å². The largest absolute Gasteiger partial charge is 0.457 e. The van der Waals surface area contributed by atoms with Crippen LogP contribution in [0.2, 0.25) is 0 Å². The predicted octanol–water partition coefficient (Wildman–Crippen LogP) is 3.43. The fourth-order valence-corrected chi connectivity index (χ4v) is 4.74. The molecule has 0 saturated carbocycles. The minimum Gasteiger partial charge on any atom is -0.457 e. The number of fused-ring (bicyclic) bond motifs is 1. The Bertz CT molecular complexity index is 1280. The van der Waals surface area contributed by atoms with Gasteiger partial charge in [0.25, 0.3) is 0 Å². The van der Waals surface area contributed by atoms with Crippen LogP contribution < -0.4 is 5.32 Å². The third-order valence-corrected chi connectivity index (χ3v) is 6.43. The van der Waals surface area contributed by atoms with E-state index in [-0.39, 0.29) is 12.0 Å². The van der Waals surface area contributed by atoms with Crippen LogP contribution in [0.3, 0.4) is 0 Å². The smallest absolute Gasteiger partial charge is 0.338 e. The number of hydrogen-bond acceptors (Lipinski definition) is 8. The third-order valence-electron chi connectivity index (χ3n) is 6.43. The monoisotopic (exact) mass is 443 g/mol. The highest BCUT2D eigenvalue weighted by Crippen LogP contribution is 2.31. The molecule has 168 valence electrons. The number of nitrogens with zero attached hydrogens (tertiary/aromatic N) is 4. The predicted molar refractivity (Wildman–Crippen MR) is 120 cm³/mol. The molecule has 1 fully saturated rings. The molecule has 3 aromatic rings. The van der Waals surface area contributed by atoms with Gasteiger partial charge in [-0.2, -0.15) is 5.26 Å². The average molecular weight is 444 g/mol. The number of nitriles is 1. The van der Waals surface area contributed by atoms with Crippen LogP contribution in [0.4, 0.5) is 0 Å². The molecule has 33 heavy (non-hydrogen) atoms. The Morgan fingerprint density at radius 2 is 2.09 bits per heavy atom. The zero-order valence-electron chi connectivity index (χ0n) is 18.9. The summed E-state index contributed by atoms with van der Waals surface area (Å²) in [5, 5.41) is 12.8. The second kappa shape index (κ2) is 8.43. The number of benzene rings is 1. The molecule has 2 aliphatic rings. The number of hydrogen-bond donors (Lipinski definition) is 1. The van der Waals surface area contributed by atoms with Crippen LogP contribution in [-0.4, -0.2) is 40.0 Å². The zero-order valence-corrected chi connectivity index (χ0v) is 18.9. The van der Waals surface area contributed by atoms with Crippen LogP contribution in [-0.2, 0) is 17.9 Å². The second-order valence-electron chi connectivity index (χ2n) is 8.82. The highest BCUT2D eigenvalue weighted by Gasteiger charge is 2.30. The molecule has 1 N–H and O–H groups in total. The second-order valence-corrected chi connectivity index (χ2v) is 8.82. The molecule has 0 spiro atoms. The SMILES string of the molecule is Cc1cc(-c2ncc(CN3C[C@@H](c4ccc5c(c4C)COC5=O)N[C@@H](C)C3)o2)ncc1C#N. The minimum atomic E-state index is -0.237. The van der Waals surface area contributed by atoms with Crippen molar-refractivity contribution in [3.63, 3.8) is 0 Å². The zero-order chi connectivity index (χ0) is 23.1. The van der Waals surface area contributed by atoms with E-state index < -0.39 is 0 Å². The molecule has 1 saturated heterocycles. The Kier molecular flexibility index (Phi) is 5.44. The summed E-state index contributed by atoms with van der Waals surface area (Å²) in [5.41, 5.74) is 6.00. The van der Waals surface area contributed by atoms with Crippen molar-refractivity contribution in [1.29, 1.82) is 5.26 Å². The van der Waals surface area contributed by atoms with Crippen molar-refractivity contribution in [1.82, 2.24) is 20.2 Å². The first kappa shape index (κ1) is 21.3. The summed E-state index contributed by atoms with van der Waals surface area (Å²) < 4.78 is 11.2. The van der Waals surface area contributed by atoms with Gasteiger partial charge < -0.3 is 14.5 Å². The number of carbonyl (C=O) groups excluding carboxylic acids is 1. The molecule has 2 aliphatic heterocycles. The van der Waals surface area contributed by atoms with Gasteiger partial charge in [0.05, 0.1) is 23.9 Å². The summed E-state index contributed by atoms with van der Waals surface area (Å²) in [6.07, 6.45) is 3.30. The summed E-state index contributed by atoms with van der Waals surface area (Å²) in [5.74, 6) is 0.988. The molecule has 0 bridgehead atoms. The lowest BCUT2D eigenvalue weighted by molar-refractivity contribution is 0.0535. The molecule has 1 aromatic carbocycles. The summed E-state index contributed by atoms with van der Waals surface area (Å²) >= 11 is 0. The summed E-state index contributed by atoms with van der Waals surface area (Å²) in [7, 11) is 0. The van der Waals surface area contributed by atoms with Crippen molar-refractivity contribution in [3.8, 4) is 17.7 Å². The van der Waals surface area contributed by atoms with E-state index in [9.17, 15) is 4.79 Å². The Balaban J connectivity index is 1.33. The third kappa shape index (κ3) is 4.01. The van der Waals surface area contributed by atoms with Gasteiger partial charge in [-0.05, 0) is 49.6 Å². The van der Waals surface area contributed by atoms with E-state index in [1.165, 1.54) is 5.56 Å². The summed E-state index contributed by atoms with van der Waals surface area (Å²) in [6, 6.07) is 8.30. The van der Waals surface area contributed by atoms with E-state index in [1.54, 1.807) is 12.4 Å². The number of nitrogens with one attached hydrogen (secondary N) is 1. The average Bonchev–Trinajstić information content (AvgIpc) is 3.41. The number of aryl methyl sites for hydroxylation is 1. The molecular weight excluding hydrogens is 418 g/mol. The lowest BCUT2D eigenvalue weighted by atomic mass is 9.92. The Labute approximate surface area is 192 Å². The van der Waals surface area contributed by atoms with E-state index in [2.05, 4.69) is 40.1 Å². The molecular formula is C25H25N5O3. The number of piperazine rings is 1. The van der Waals surface area contributed by atoms with Crippen molar-refractivity contribution in [2.45, 2.75) is 46.0 Å². The van der Waals surface area contributed by atoms with Crippen molar-refractivity contribution in [3.05, 3.63) is 69.7 Å². The van der Waals surface area contributed by atoms with Crippen molar-refractivity contribution in [2.24, 2.45) is 0 Å². The fourth-order valence-electron chi connectivity index (χ4n) is 4.74. The van der Waals surface area contributed by atoms with Gasteiger partial charge in [-0.3, -0.25) is 4.90 Å². The van der Waals surface area contributed by atoms with Gasteiger partial charge in [-0.1, -0.05) is 6.07 Å². The van der Waals surface area contributed by atoms with E-state index in [1.807, 2.05) is 25.1 Å². The Morgan fingerprint density at radius 1 is 1.24 bits per heavy atom. The number of carbonyl (C=O) groups is 1. The summed E-state index contributed by atoms with van der Waals surface area (Å²) in [6.45, 7) is 8.79. The van der Waals surface area contributed by atoms with Gasteiger partial charge in [0.1, 0.15) is 24.1 Å². The van der Waals surface area contributed by atoms with Gasteiger partial charge in [0.15, 0.2) is 0 Å². The van der Waals surface area contributed by atoms with Crippen LogP contribution in [0.15, 0.2) is 35.0 Å². The van der Waals surface area contributed by atoms with Gasteiger partial charge in [0.2, 0.25) is 5.89 Å². The van der Waals surface area contributed by atoms with Crippen molar-refractivity contribution < 1.29 is 13.9 Å². The highest BCUT2D eigenvalue weighted by molar-refractivity contribution is 5.94. The first-order valence-corrected chi connectivity index (χ1v) is 11.0. The minimum absolute atomic E-state index is 0.139. The maximum absolute atomic E-state index is 11.9. The molecule has 0 aliphatic carbocycles. The van der Waals surface area contributed by atoms with Crippen LogP contribution in [0, 0.1) is 25.2 Å². The van der Waals surface area contributed by atoms with Crippen LogP contribution in [0.5, 0.6) is 0 Å². The number of rotatable bonds is 4. The lowest BCUT2D eigenvalue weighted by Crippen LogP contribution is -2.50. The van der Waals surface area contributed by atoms with Gasteiger partial charge in [0, 0.05) is 36.9 Å². The van der Waals surface area contributed by atoms with Crippen LogP contribution in [0.1, 0.15) is 56.9 Å². The van der Waals surface area contributed by atoms with Gasteiger partial charge >= 0.3 is 5.97 Å². The van der Waals surface area contributed by atoms with Crippen molar-refractivity contribution >= 4 is 5.97 Å². The molecule has 0 unspecified atom stereocenters. The lowest BCUT2D eigenvalue weighted by Gasteiger charge is -2.38. The van der Waals surface area contributed by atoms with E-state index in [0.29, 0.717) is 41.9 Å². The Hall–Kier alpha value is -3.54. The number of oxazole rings is 1. The first-order chi connectivity index (χ1) is 15.9. The molecule has 4 heterocycles. The van der Waals surface area contributed by atoms with E-state index in [0.717, 1.165) is 35.5 Å². The van der Waals surface area contributed by atoms with Crippen molar-refractivity contribution in [2.75, 3.05) is 13.1 Å². The first-order valence-electron chi connectivity index (χ1n) is 11.0. The molecule has 0 amide bonds. The number of pyridine rings is 1. The number of esters is 1. The van der Waals surface area contributed by atoms with Gasteiger partial charge in [-0.25, -0.2) is 14.8 Å². The number of ether oxygens (including phenoxy) is 1. The molecule has 2 atom stereocenters. The standard InChI is InChI=1S/C25H25N5O3/c1-14-6-22(27-8-17(14)7-26)24-28-9-18(33-24)11-30-10-15(2)29-23(12-30)19-4-5-20-21(16(19)3)13-32-25(20)31/h4-6,8-9,15,23,29H,10-13H2,1-3H3/t15-,23-/m0/s1. The highest BCUT2D eigenvalue weighted by atomic mass is 16.5. The maximum atomic E-state index is 11.9. The molecule has 2 aromatic heterocycles. The molecule has 8 heteroatoms.